The van der Waals surface area contributed by atoms with Crippen molar-refractivity contribution in [1.29, 1.82) is 10.7 Å². The fourth-order valence-corrected chi connectivity index (χ4v) is 3.94. The van der Waals surface area contributed by atoms with Gasteiger partial charge in [0.1, 0.15) is 5.92 Å². The standard InChI is InChI=1S/C19H21N3O6S/c1-14(21)17(12-20)18(23)13-28-19(24)7-4-15-2-5-16(6-3-15)29(25,26)22-8-10-27-11-9-22/h2-7,17,21H,8-11,13H2,1H3/b7-4+,21-14?. The van der Waals surface area contributed by atoms with E-state index in [1.807, 2.05) is 0 Å². The van der Waals surface area contributed by atoms with Gasteiger partial charge in [0.2, 0.25) is 10.0 Å². The number of nitriles is 1. The first-order chi connectivity index (χ1) is 13.8. The molecule has 1 fully saturated rings. The average Bonchev–Trinajstić information content (AvgIpc) is 2.72. The predicted octanol–water partition coefficient (Wildman–Crippen LogP) is 1.01. The highest BCUT2D eigenvalue weighted by Crippen LogP contribution is 2.18. The highest BCUT2D eigenvalue weighted by molar-refractivity contribution is 7.89. The van der Waals surface area contributed by atoms with Gasteiger partial charge in [-0.05, 0) is 30.7 Å². The Morgan fingerprint density at radius 3 is 2.48 bits per heavy atom. The molecule has 10 heteroatoms. The molecule has 0 aliphatic carbocycles. The normalized spacial score (nSPS) is 16.1. The van der Waals surface area contributed by atoms with Gasteiger partial charge in [-0.2, -0.15) is 9.57 Å². The number of carbonyl (C=O) groups is 2. The van der Waals surface area contributed by atoms with Crippen molar-refractivity contribution in [3.63, 3.8) is 0 Å². The van der Waals surface area contributed by atoms with E-state index in [2.05, 4.69) is 0 Å². The third-order valence-electron chi connectivity index (χ3n) is 4.14. The third-order valence-corrected chi connectivity index (χ3v) is 6.05. The summed E-state index contributed by atoms with van der Waals surface area (Å²) in [7, 11) is -3.59. The van der Waals surface area contributed by atoms with E-state index in [0.717, 1.165) is 6.08 Å². The number of nitrogens with one attached hydrogen (secondary N) is 1. The van der Waals surface area contributed by atoms with Gasteiger partial charge in [0, 0.05) is 24.9 Å². The molecule has 0 bridgehead atoms. The number of esters is 1. The molecule has 1 heterocycles. The van der Waals surface area contributed by atoms with Crippen LogP contribution < -0.4 is 0 Å². The molecule has 1 saturated heterocycles. The van der Waals surface area contributed by atoms with E-state index in [0.29, 0.717) is 31.9 Å². The monoisotopic (exact) mass is 419 g/mol. The zero-order chi connectivity index (χ0) is 21.4. The number of carbonyl (C=O) groups excluding carboxylic acids is 2. The Kier molecular flexibility index (Phi) is 7.78. The molecule has 1 unspecified atom stereocenters. The van der Waals surface area contributed by atoms with Gasteiger partial charge in [-0.25, -0.2) is 13.2 Å². The molecule has 1 aromatic rings. The Labute approximate surface area is 169 Å². The summed E-state index contributed by atoms with van der Waals surface area (Å²) in [6, 6.07) is 7.67. The van der Waals surface area contributed by atoms with E-state index in [-0.39, 0.29) is 10.6 Å². The number of benzene rings is 1. The fraction of sp³-hybridized carbons (Fsp3) is 0.368. The van der Waals surface area contributed by atoms with Gasteiger partial charge in [0.05, 0.1) is 24.2 Å². The number of hydrogen-bond donors (Lipinski definition) is 1. The first kappa shape index (κ1) is 22.4. The number of ether oxygens (including phenoxy) is 2. The zero-order valence-corrected chi connectivity index (χ0v) is 16.6. The summed E-state index contributed by atoms with van der Waals surface area (Å²) in [4.78, 5) is 23.6. The molecule has 0 aromatic heterocycles. The van der Waals surface area contributed by atoms with E-state index in [9.17, 15) is 18.0 Å². The van der Waals surface area contributed by atoms with E-state index >= 15 is 0 Å². The number of hydrogen-bond acceptors (Lipinski definition) is 8. The minimum absolute atomic E-state index is 0.115. The lowest BCUT2D eigenvalue weighted by atomic mass is 10.0. The lowest BCUT2D eigenvalue weighted by Crippen LogP contribution is -2.40. The smallest absolute Gasteiger partial charge is 0.331 e. The van der Waals surface area contributed by atoms with Crippen molar-refractivity contribution >= 4 is 33.6 Å². The number of ketones is 1. The summed E-state index contributed by atoms with van der Waals surface area (Å²) in [6.07, 6.45) is 2.51. The molecule has 1 atom stereocenters. The van der Waals surface area contributed by atoms with Crippen LogP contribution in [0.1, 0.15) is 12.5 Å². The van der Waals surface area contributed by atoms with Gasteiger partial charge in [0.15, 0.2) is 12.4 Å². The molecule has 9 nitrogen and oxygen atoms in total. The van der Waals surface area contributed by atoms with Crippen LogP contribution >= 0.6 is 0 Å². The maximum atomic E-state index is 12.5. The molecule has 154 valence electrons. The van der Waals surface area contributed by atoms with E-state index in [1.165, 1.54) is 29.4 Å². The van der Waals surface area contributed by atoms with Crippen molar-refractivity contribution < 1.29 is 27.5 Å². The maximum absolute atomic E-state index is 12.5. The molecule has 1 aliphatic rings. The van der Waals surface area contributed by atoms with Gasteiger partial charge >= 0.3 is 5.97 Å². The third kappa shape index (κ3) is 6.05. The van der Waals surface area contributed by atoms with Crippen LogP contribution in [0.4, 0.5) is 0 Å². The Bertz CT molecular complexity index is 941. The Morgan fingerprint density at radius 2 is 1.93 bits per heavy atom. The maximum Gasteiger partial charge on any atom is 0.331 e. The van der Waals surface area contributed by atoms with Crippen molar-refractivity contribution in [2.24, 2.45) is 5.92 Å². The number of morpholine rings is 1. The summed E-state index contributed by atoms with van der Waals surface area (Å²) in [6.45, 7) is 2.06. The largest absolute Gasteiger partial charge is 0.454 e. The second-order valence-electron chi connectivity index (χ2n) is 6.24. The Hall–Kier alpha value is -2.87. The number of sulfonamides is 1. The minimum atomic E-state index is -3.59. The van der Waals surface area contributed by atoms with Crippen molar-refractivity contribution in [3.05, 3.63) is 35.9 Å². The molecule has 0 saturated carbocycles. The predicted molar refractivity (Wildman–Crippen MR) is 104 cm³/mol. The second kappa shape index (κ2) is 10.1. The molecule has 29 heavy (non-hydrogen) atoms. The van der Waals surface area contributed by atoms with Crippen molar-refractivity contribution in [2.45, 2.75) is 11.8 Å². The molecule has 0 spiro atoms. The van der Waals surface area contributed by atoms with Gasteiger partial charge < -0.3 is 14.9 Å². The Balaban J connectivity index is 1.94. The Morgan fingerprint density at radius 1 is 1.31 bits per heavy atom. The number of nitrogens with zero attached hydrogens (tertiary/aromatic N) is 2. The van der Waals surface area contributed by atoms with Gasteiger partial charge in [-0.3, -0.25) is 4.79 Å². The van der Waals surface area contributed by atoms with Crippen LogP contribution in [-0.2, 0) is 29.1 Å². The first-order valence-electron chi connectivity index (χ1n) is 8.76. The lowest BCUT2D eigenvalue weighted by molar-refractivity contribution is -0.143. The summed E-state index contributed by atoms with van der Waals surface area (Å²) in [5.74, 6) is -2.69. The van der Waals surface area contributed by atoms with Crippen LogP contribution in [0.15, 0.2) is 35.2 Å². The molecule has 1 aromatic carbocycles. The molecule has 1 aliphatic heterocycles. The molecular weight excluding hydrogens is 398 g/mol. The summed E-state index contributed by atoms with van der Waals surface area (Å²) < 4.78 is 36.4. The molecule has 1 N–H and O–H groups in total. The van der Waals surface area contributed by atoms with E-state index < -0.39 is 34.3 Å². The van der Waals surface area contributed by atoms with Crippen LogP contribution in [0, 0.1) is 22.7 Å². The quantitative estimate of drug-likeness (QED) is 0.377. The van der Waals surface area contributed by atoms with E-state index in [1.54, 1.807) is 18.2 Å². The number of rotatable bonds is 8. The average molecular weight is 419 g/mol. The second-order valence-corrected chi connectivity index (χ2v) is 8.18. The SMILES string of the molecule is CC(=N)C(C#N)C(=O)COC(=O)/C=C/c1ccc(S(=O)(=O)N2CCOCC2)cc1. The van der Waals surface area contributed by atoms with Crippen LogP contribution in [0.2, 0.25) is 0 Å². The lowest BCUT2D eigenvalue weighted by Gasteiger charge is -2.26. The molecule has 0 amide bonds. The summed E-state index contributed by atoms with van der Waals surface area (Å²) >= 11 is 0. The van der Waals surface area contributed by atoms with Gasteiger partial charge in [-0.15, -0.1) is 0 Å². The summed E-state index contributed by atoms with van der Waals surface area (Å²) in [5, 5.41) is 16.2. The van der Waals surface area contributed by atoms with Crippen molar-refractivity contribution in [2.75, 3.05) is 32.9 Å². The highest BCUT2D eigenvalue weighted by Gasteiger charge is 2.26. The highest BCUT2D eigenvalue weighted by atomic mass is 32.2. The fourth-order valence-electron chi connectivity index (χ4n) is 2.54. The topological polar surface area (TPSA) is 138 Å². The van der Waals surface area contributed by atoms with Crippen LogP contribution in [0.25, 0.3) is 6.08 Å². The summed E-state index contributed by atoms with van der Waals surface area (Å²) in [5.41, 5.74) is 0.454. The van der Waals surface area contributed by atoms with Crippen LogP contribution in [-0.4, -0.2) is 63.1 Å². The van der Waals surface area contributed by atoms with Crippen LogP contribution in [0.3, 0.4) is 0 Å². The van der Waals surface area contributed by atoms with Crippen LogP contribution in [0.5, 0.6) is 0 Å². The first-order valence-corrected chi connectivity index (χ1v) is 10.2. The van der Waals surface area contributed by atoms with Crippen molar-refractivity contribution in [1.82, 2.24) is 4.31 Å². The van der Waals surface area contributed by atoms with E-state index in [4.69, 9.17) is 20.1 Å². The minimum Gasteiger partial charge on any atom is -0.454 e. The molecule has 2 rings (SSSR count). The van der Waals surface area contributed by atoms with Gasteiger partial charge in [0.25, 0.3) is 0 Å². The number of Topliss-reactive ketones (excluding diaryl/α,β-unsaturated/α-hetero) is 1. The zero-order valence-electron chi connectivity index (χ0n) is 15.8. The van der Waals surface area contributed by atoms with Crippen molar-refractivity contribution in [3.8, 4) is 6.07 Å². The van der Waals surface area contributed by atoms with Gasteiger partial charge in [-0.1, -0.05) is 12.1 Å². The molecule has 0 radical (unpaired) electrons. The molecular formula is C19H21N3O6S.